The number of anilines is 1. The molecule has 0 bridgehead atoms. The molecular formula is C18H19NO3. The van der Waals surface area contributed by atoms with Crippen molar-refractivity contribution in [1.82, 2.24) is 0 Å². The van der Waals surface area contributed by atoms with Gasteiger partial charge in [-0.05, 0) is 37.1 Å². The van der Waals surface area contributed by atoms with E-state index in [1.807, 2.05) is 17.0 Å². The summed E-state index contributed by atoms with van der Waals surface area (Å²) in [5.41, 5.74) is 4.02. The number of ether oxygens (including phenoxy) is 2. The predicted molar refractivity (Wildman–Crippen MR) is 86.1 cm³/mol. The number of carbonyl (C=O) groups is 1. The first kappa shape index (κ1) is 14.4. The van der Waals surface area contributed by atoms with E-state index in [4.69, 9.17) is 9.47 Å². The van der Waals surface area contributed by atoms with E-state index >= 15 is 0 Å². The van der Waals surface area contributed by atoms with Crippen LogP contribution in [0.4, 0.5) is 5.69 Å². The molecule has 2 aromatic rings. The number of rotatable bonds is 3. The molecule has 4 heteroatoms. The van der Waals surface area contributed by atoms with Crippen molar-refractivity contribution in [3.8, 4) is 11.5 Å². The maximum Gasteiger partial charge on any atom is 0.258 e. The molecule has 0 N–H and O–H groups in total. The molecule has 0 fully saturated rings. The van der Waals surface area contributed by atoms with Gasteiger partial charge in [-0.2, -0.15) is 0 Å². The number of benzene rings is 2. The van der Waals surface area contributed by atoms with Crippen molar-refractivity contribution >= 4 is 11.6 Å². The van der Waals surface area contributed by atoms with Gasteiger partial charge in [-0.25, -0.2) is 0 Å². The van der Waals surface area contributed by atoms with Gasteiger partial charge in [-0.15, -0.1) is 0 Å². The molecule has 0 saturated heterocycles. The lowest BCUT2D eigenvalue weighted by Gasteiger charge is -2.18. The summed E-state index contributed by atoms with van der Waals surface area (Å²) in [7, 11) is 3.16. The molecule has 22 heavy (non-hydrogen) atoms. The first-order valence-corrected chi connectivity index (χ1v) is 7.27. The molecule has 1 heterocycles. The Hall–Kier alpha value is -2.49. The summed E-state index contributed by atoms with van der Waals surface area (Å²) in [6, 6.07) is 11.5. The van der Waals surface area contributed by atoms with Gasteiger partial charge in [-0.3, -0.25) is 4.79 Å². The van der Waals surface area contributed by atoms with Crippen LogP contribution in [0, 0.1) is 6.92 Å². The molecule has 0 radical (unpaired) electrons. The second kappa shape index (κ2) is 5.72. The zero-order valence-electron chi connectivity index (χ0n) is 13.1. The van der Waals surface area contributed by atoms with Crippen LogP contribution in [0.15, 0.2) is 36.4 Å². The van der Waals surface area contributed by atoms with E-state index in [0.29, 0.717) is 23.6 Å². The van der Waals surface area contributed by atoms with E-state index in [1.165, 1.54) is 11.1 Å². The number of fused-ring (bicyclic) bond motifs is 1. The first-order chi connectivity index (χ1) is 10.6. The molecule has 2 aromatic carbocycles. The third-order valence-electron chi connectivity index (χ3n) is 3.97. The summed E-state index contributed by atoms with van der Waals surface area (Å²) in [4.78, 5) is 14.7. The lowest BCUT2D eigenvalue weighted by molar-refractivity contribution is 0.0988. The van der Waals surface area contributed by atoms with E-state index < -0.39 is 0 Å². The molecule has 0 aliphatic carbocycles. The van der Waals surface area contributed by atoms with E-state index in [9.17, 15) is 4.79 Å². The molecule has 1 amide bonds. The predicted octanol–water partition coefficient (Wildman–Crippen LogP) is 3.22. The lowest BCUT2D eigenvalue weighted by Crippen LogP contribution is -2.28. The maximum absolute atomic E-state index is 12.8. The van der Waals surface area contributed by atoms with Crippen LogP contribution in [0.25, 0.3) is 0 Å². The lowest BCUT2D eigenvalue weighted by atomic mass is 10.1. The van der Waals surface area contributed by atoms with Crippen molar-refractivity contribution in [3.63, 3.8) is 0 Å². The third kappa shape index (κ3) is 2.52. The van der Waals surface area contributed by atoms with E-state index in [0.717, 1.165) is 12.1 Å². The molecule has 0 saturated carbocycles. The molecule has 1 aliphatic heterocycles. The minimum absolute atomic E-state index is 0.0280. The number of nitrogens with zero attached hydrogens (tertiary/aromatic N) is 1. The SMILES string of the molecule is COc1cc(OC)cc(C(=O)N2CCc3cc(C)ccc32)c1. The molecule has 3 rings (SSSR count). The van der Waals surface area contributed by atoms with Crippen LogP contribution in [0.2, 0.25) is 0 Å². The Morgan fingerprint density at radius 2 is 1.73 bits per heavy atom. The largest absolute Gasteiger partial charge is 0.497 e. The molecule has 0 unspecified atom stereocenters. The topological polar surface area (TPSA) is 38.8 Å². The molecule has 0 atom stereocenters. The highest BCUT2D eigenvalue weighted by Crippen LogP contribution is 2.31. The summed E-state index contributed by atoms with van der Waals surface area (Å²) in [6.07, 6.45) is 0.893. The van der Waals surface area contributed by atoms with E-state index in [-0.39, 0.29) is 5.91 Å². The van der Waals surface area contributed by atoms with E-state index in [1.54, 1.807) is 32.4 Å². The first-order valence-electron chi connectivity index (χ1n) is 7.27. The highest BCUT2D eigenvalue weighted by Gasteiger charge is 2.26. The Labute approximate surface area is 130 Å². The average Bonchev–Trinajstić information content (AvgIpc) is 2.96. The van der Waals surface area contributed by atoms with Crippen LogP contribution >= 0.6 is 0 Å². The highest BCUT2D eigenvalue weighted by molar-refractivity contribution is 6.07. The standard InChI is InChI=1S/C18H19NO3/c1-12-4-5-17-13(8-12)6-7-19(17)18(20)14-9-15(21-2)11-16(10-14)22-3/h4-5,8-11H,6-7H2,1-3H3. The van der Waals surface area contributed by atoms with Crippen molar-refractivity contribution in [2.24, 2.45) is 0 Å². The number of hydrogen-bond donors (Lipinski definition) is 0. The molecule has 4 nitrogen and oxygen atoms in total. The van der Waals surface area contributed by atoms with Gasteiger partial charge in [0.2, 0.25) is 0 Å². The Balaban J connectivity index is 1.96. The van der Waals surface area contributed by atoms with Gasteiger partial charge in [0.1, 0.15) is 11.5 Å². The van der Waals surface area contributed by atoms with Crippen LogP contribution in [-0.2, 0) is 6.42 Å². The zero-order chi connectivity index (χ0) is 15.7. The highest BCUT2D eigenvalue weighted by atomic mass is 16.5. The Kier molecular flexibility index (Phi) is 3.75. The minimum atomic E-state index is -0.0280. The Bertz CT molecular complexity index is 702. The minimum Gasteiger partial charge on any atom is -0.497 e. The fraction of sp³-hybridized carbons (Fsp3) is 0.278. The normalized spacial score (nSPS) is 13.0. The number of methoxy groups -OCH3 is 2. The smallest absolute Gasteiger partial charge is 0.258 e. The molecular weight excluding hydrogens is 278 g/mol. The maximum atomic E-state index is 12.8. The average molecular weight is 297 g/mol. The van der Waals surface area contributed by atoms with Gasteiger partial charge in [-0.1, -0.05) is 17.7 Å². The zero-order valence-corrected chi connectivity index (χ0v) is 13.1. The van der Waals surface area contributed by atoms with Gasteiger partial charge in [0.05, 0.1) is 14.2 Å². The second-order valence-electron chi connectivity index (χ2n) is 5.44. The number of carbonyl (C=O) groups excluding carboxylic acids is 1. The fourth-order valence-electron chi connectivity index (χ4n) is 2.83. The van der Waals surface area contributed by atoms with Crippen molar-refractivity contribution in [1.29, 1.82) is 0 Å². The molecule has 1 aliphatic rings. The van der Waals surface area contributed by atoms with Crippen LogP contribution in [0.3, 0.4) is 0 Å². The van der Waals surface area contributed by atoms with Crippen molar-refractivity contribution < 1.29 is 14.3 Å². The second-order valence-corrected chi connectivity index (χ2v) is 5.44. The van der Waals surface area contributed by atoms with Crippen molar-refractivity contribution in [3.05, 3.63) is 53.1 Å². The summed E-state index contributed by atoms with van der Waals surface area (Å²) >= 11 is 0. The molecule has 0 spiro atoms. The number of amides is 1. The summed E-state index contributed by atoms with van der Waals surface area (Å²) in [5.74, 6) is 1.21. The van der Waals surface area contributed by atoms with Gasteiger partial charge in [0, 0.05) is 23.9 Å². The summed E-state index contributed by atoms with van der Waals surface area (Å²) in [6.45, 7) is 2.77. The quantitative estimate of drug-likeness (QED) is 0.873. The van der Waals surface area contributed by atoms with Crippen LogP contribution < -0.4 is 14.4 Å². The Morgan fingerprint density at radius 1 is 1.05 bits per heavy atom. The van der Waals surface area contributed by atoms with Crippen molar-refractivity contribution in [2.45, 2.75) is 13.3 Å². The van der Waals surface area contributed by atoms with Crippen molar-refractivity contribution in [2.75, 3.05) is 25.7 Å². The number of aryl methyl sites for hydroxylation is 1. The van der Waals surface area contributed by atoms with Gasteiger partial charge >= 0.3 is 0 Å². The van der Waals surface area contributed by atoms with Gasteiger partial charge < -0.3 is 14.4 Å². The molecule has 114 valence electrons. The summed E-state index contributed by atoms with van der Waals surface area (Å²) in [5, 5.41) is 0. The van der Waals surface area contributed by atoms with Gasteiger partial charge in [0.25, 0.3) is 5.91 Å². The van der Waals surface area contributed by atoms with Crippen LogP contribution in [0.5, 0.6) is 11.5 Å². The van der Waals surface area contributed by atoms with Crippen LogP contribution in [-0.4, -0.2) is 26.7 Å². The third-order valence-corrected chi connectivity index (χ3v) is 3.97. The Morgan fingerprint density at radius 3 is 2.36 bits per heavy atom. The fourth-order valence-corrected chi connectivity index (χ4v) is 2.83. The van der Waals surface area contributed by atoms with E-state index in [2.05, 4.69) is 13.0 Å². The van der Waals surface area contributed by atoms with Crippen LogP contribution in [0.1, 0.15) is 21.5 Å². The summed E-state index contributed by atoms with van der Waals surface area (Å²) < 4.78 is 10.5. The monoisotopic (exact) mass is 297 g/mol. The molecule has 0 aromatic heterocycles. The van der Waals surface area contributed by atoms with Gasteiger partial charge in [0.15, 0.2) is 0 Å². The number of hydrogen-bond acceptors (Lipinski definition) is 3.